The van der Waals surface area contributed by atoms with Crippen LogP contribution in [0.1, 0.15) is 18.9 Å². The minimum atomic E-state index is -0.276. The van der Waals surface area contributed by atoms with Gasteiger partial charge in [0.05, 0.1) is 23.7 Å². The first kappa shape index (κ1) is 23.6. The maximum Gasteiger partial charge on any atom is 0.245 e. The third-order valence-corrected chi connectivity index (χ3v) is 6.03. The number of amides is 1. The SMILES string of the molecule is CCOc1nc(NCc2ccc(F)cc2)nc2ccc(-c3ccc(NC(=O)[C@H]4CCNC4)cc3)nc12. The van der Waals surface area contributed by atoms with Crippen molar-refractivity contribution in [2.45, 2.75) is 19.9 Å². The van der Waals surface area contributed by atoms with Crippen LogP contribution in [0.5, 0.6) is 5.88 Å². The van der Waals surface area contributed by atoms with Crippen molar-refractivity contribution in [2.24, 2.45) is 5.92 Å². The molecule has 1 atom stereocenters. The normalized spacial score (nSPS) is 15.1. The first-order valence-electron chi connectivity index (χ1n) is 12.0. The van der Waals surface area contributed by atoms with Crippen molar-refractivity contribution in [2.75, 3.05) is 30.3 Å². The molecular weight excluding hydrogens is 459 g/mol. The molecule has 36 heavy (non-hydrogen) atoms. The number of carbonyl (C=O) groups excluding carboxylic acids is 1. The molecule has 3 heterocycles. The molecule has 1 amide bonds. The number of hydrogen-bond acceptors (Lipinski definition) is 7. The van der Waals surface area contributed by atoms with Gasteiger partial charge < -0.3 is 20.7 Å². The van der Waals surface area contributed by atoms with Crippen molar-refractivity contribution in [3.05, 3.63) is 72.0 Å². The Morgan fingerprint density at radius 2 is 1.86 bits per heavy atom. The van der Waals surface area contributed by atoms with Crippen molar-refractivity contribution >= 4 is 28.6 Å². The van der Waals surface area contributed by atoms with E-state index in [0.717, 1.165) is 42.0 Å². The Balaban J connectivity index is 1.35. The topological polar surface area (TPSA) is 101 Å². The van der Waals surface area contributed by atoms with Gasteiger partial charge in [0, 0.05) is 24.3 Å². The van der Waals surface area contributed by atoms with E-state index >= 15 is 0 Å². The van der Waals surface area contributed by atoms with Gasteiger partial charge in [-0.1, -0.05) is 24.3 Å². The number of aromatic nitrogens is 3. The van der Waals surface area contributed by atoms with Crippen molar-refractivity contribution < 1.29 is 13.9 Å². The van der Waals surface area contributed by atoms with Gasteiger partial charge in [-0.15, -0.1) is 0 Å². The van der Waals surface area contributed by atoms with E-state index in [1.165, 1.54) is 12.1 Å². The third kappa shape index (κ3) is 5.41. The van der Waals surface area contributed by atoms with Gasteiger partial charge in [0.25, 0.3) is 0 Å². The molecule has 1 aliphatic heterocycles. The highest BCUT2D eigenvalue weighted by atomic mass is 19.1. The molecule has 0 unspecified atom stereocenters. The number of anilines is 2. The highest BCUT2D eigenvalue weighted by molar-refractivity contribution is 5.93. The second-order valence-corrected chi connectivity index (χ2v) is 8.59. The van der Waals surface area contributed by atoms with E-state index in [9.17, 15) is 9.18 Å². The lowest BCUT2D eigenvalue weighted by molar-refractivity contribution is -0.119. The predicted octanol–water partition coefficient (Wildman–Crippen LogP) is 4.39. The Kier molecular flexibility index (Phi) is 6.99. The zero-order valence-corrected chi connectivity index (χ0v) is 19.9. The molecule has 1 saturated heterocycles. The highest BCUT2D eigenvalue weighted by Gasteiger charge is 2.22. The zero-order valence-electron chi connectivity index (χ0n) is 19.9. The molecule has 2 aromatic heterocycles. The summed E-state index contributed by atoms with van der Waals surface area (Å²) in [6.45, 7) is 4.37. The monoisotopic (exact) mass is 486 g/mol. The number of halogens is 1. The molecule has 0 bridgehead atoms. The molecule has 3 N–H and O–H groups in total. The summed E-state index contributed by atoms with van der Waals surface area (Å²) in [5, 5.41) is 9.37. The molecule has 1 fully saturated rings. The summed E-state index contributed by atoms with van der Waals surface area (Å²) < 4.78 is 18.9. The Morgan fingerprint density at radius 1 is 1.06 bits per heavy atom. The molecule has 0 radical (unpaired) electrons. The number of hydrogen-bond donors (Lipinski definition) is 3. The number of carbonyl (C=O) groups is 1. The van der Waals surface area contributed by atoms with Gasteiger partial charge in [-0.05, 0) is 61.9 Å². The number of benzene rings is 2. The lowest BCUT2D eigenvalue weighted by atomic mass is 10.1. The van der Waals surface area contributed by atoms with Crippen molar-refractivity contribution in [1.82, 2.24) is 20.3 Å². The van der Waals surface area contributed by atoms with Gasteiger partial charge in [-0.3, -0.25) is 4.79 Å². The molecule has 184 valence electrons. The Labute approximate surface area is 208 Å². The third-order valence-electron chi connectivity index (χ3n) is 6.03. The van der Waals surface area contributed by atoms with Gasteiger partial charge in [-0.2, -0.15) is 4.98 Å². The Hall–Kier alpha value is -4.11. The number of nitrogens with one attached hydrogen (secondary N) is 3. The Bertz CT molecular complexity index is 1360. The minimum Gasteiger partial charge on any atom is -0.476 e. The summed E-state index contributed by atoms with van der Waals surface area (Å²) in [5.41, 5.74) is 4.52. The molecular formula is C27H27FN6O2. The summed E-state index contributed by atoms with van der Waals surface area (Å²) in [4.78, 5) is 26.2. The van der Waals surface area contributed by atoms with E-state index in [1.807, 2.05) is 43.3 Å². The highest BCUT2D eigenvalue weighted by Crippen LogP contribution is 2.27. The number of ether oxygens (including phenoxy) is 1. The summed E-state index contributed by atoms with van der Waals surface area (Å²) in [5.74, 6) is 0.572. The van der Waals surface area contributed by atoms with Crippen LogP contribution in [0.25, 0.3) is 22.3 Å². The van der Waals surface area contributed by atoms with E-state index in [4.69, 9.17) is 9.72 Å². The van der Waals surface area contributed by atoms with Crippen LogP contribution in [0.15, 0.2) is 60.7 Å². The largest absolute Gasteiger partial charge is 0.476 e. The number of fused-ring (bicyclic) bond motifs is 1. The maximum absolute atomic E-state index is 13.2. The first-order valence-corrected chi connectivity index (χ1v) is 12.0. The van der Waals surface area contributed by atoms with Crippen LogP contribution in [0.2, 0.25) is 0 Å². The average molecular weight is 487 g/mol. The van der Waals surface area contributed by atoms with Crippen LogP contribution >= 0.6 is 0 Å². The molecule has 1 aliphatic rings. The van der Waals surface area contributed by atoms with E-state index < -0.39 is 0 Å². The second-order valence-electron chi connectivity index (χ2n) is 8.59. The van der Waals surface area contributed by atoms with Gasteiger partial charge in [-0.25, -0.2) is 14.4 Å². The molecule has 0 spiro atoms. The molecule has 5 rings (SSSR count). The summed E-state index contributed by atoms with van der Waals surface area (Å²) >= 11 is 0. The van der Waals surface area contributed by atoms with Crippen LogP contribution in [0.4, 0.5) is 16.0 Å². The fourth-order valence-electron chi connectivity index (χ4n) is 4.10. The summed E-state index contributed by atoms with van der Waals surface area (Å²) in [7, 11) is 0. The van der Waals surface area contributed by atoms with Crippen LogP contribution in [0.3, 0.4) is 0 Å². The fourth-order valence-corrected chi connectivity index (χ4v) is 4.10. The van der Waals surface area contributed by atoms with Crippen molar-refractivity contribution in [1.29, 1.82) is 0 Å². The summed E-state index contributed by atoms with van der Waals surface area (Å²) in [6, 6.07) is 17.7. The van der Waals surface area contributed by atoms with Crippen LogP contribution in [0, 0.1) is 11.7 Å². The van der Waals surface area contributed by atoms with E-state index in [-0.39, 0.29) is 17.6 Å². The fraction of sp³-hybridized carbons (Fsp3) is 0.259. The molecule has 0 aliphatic carbocycles. The number of pyridine rings is 1. The lowest BCUT2D eigenvalue weighted by Gasteiger charge is -2.12. The molecule has 8 nitrogen and oxygen atoms in total. The van der Waals surface area contributed by atoms with E-state index in [1.54, 1.807) is 12.1 Å². The van der Waals surface area contributed by atoms with Gasteiger partial charge in [0.2, 0.25) is 17.7 Å². The summed E-state index contributed by atoms with van der Waals surface area (Å²) in [6.07, 6.45) is 0.860. The zero-order chi connectivity index (χ0) is 24.9. The van der Waals surface area contributed by atoms with Crippen LogP contribution in [-0.2, 0) is 11.3 Å². The van der Waals surface area contributed by atoms with E-state index in [0.29, 0.717) is 36.0 Å². The van der Waals surface area contributed by atoms with Gasteiger partial charge in [0.1, 0.15) is 5.82 Å². The Morgan fingerprint density at radius 3 is 2.58 bits per heavy atom. The smallest absolute Gasteiger partial charge is 0.245 e. The predicted molar refractivity (Wildman–Crippen MR) is 137 cm³/mol. The van der Waals surface area contributed by atoms with Gasteiger partial charge in [0.15, 0.2) is 5.52 Å². The van der Waals surface area contributed by atoms with Crippen molar-refractivity contribution in [3.8, 4) is 17.1 Å². The van der Waals surface area contributed by atoms with Crippen LogP contribution in [-0.4, -0.2) is 40.6 Å². The maximum atomic E-state index is 13.2. The average Bonchev–Trinajstić information content (AvgIpc) is 3.44. The minimum absolute atomic E-state index is 0.0129. The quantitative estimate of drug-likeness (QED) is 0.340. The first-order chi connectivity index (χ1) is 17.6. The molecule has 4 aromatic rings. The second kappa shape index (κ2) is 10.7. The molecule has 0 saturated carbocycles. The number of nitrogens with zero attached hydrogens (tertiary/aromatic N) is 3. The van der Waals surface area contributed by atoms with E-state index in [2.05, 4.69) is 25.9 Å². The lowest BCUT2D eigenvalue weighted by Crippen LogP contribution is -2.24. The number of rotatable bonds is 8. The molecule has 2 aromatic carbocycles. The molecule has 9 heteroatoms. The van der Waals surface area contributed by atoms with Crippen LogP contribution < -0.4 is 20.7 Å². The van der Waals surface area contributed by atoms with Crippen molar-refractivity contribution in [3.63, 3.8) is 0 Å². The van der Waals surface area contributed by atoms with Gasteiger partial charge >= 0.3 is 0 Å². The standard InChI is InChI=1S/C27H27FN6O2/c1-2-36-26-24-23(33-27(34-26)30-15-17-3-7-20(28)8-4-17)12-11-22(32-24)18-5-9-21(10-6-18)31-25(35)19-13-14-29-16-19/h3-12,19,29H,2,13-16H2,1H3,(H,31,35)(H,30,33,34)/t19-/m0/s1.